The van der Waals surface area contributed by atoms with E-state index < -0.39 is 17.9 Å². The minimum atomic E-state index is -0.797. The molecule has 1 saturated heterocycles. The molecule has 0 saturated carbocycles. The highest BCUT2D eigenvalue weighted by atomic mass is 32.1. The predicted octanol–water partition coefficient (Wildman–Crippen LogP) is 1.63. The summed E-state index contributed by atoms with van der Waals surface area (Å²) in [6.07, 6.45) is 4.61. The van der Waals surface area contributed by atoms with Crippen LogP contribution in [0, 0.1) is 0 Å². The van der Waals surface area contributed by atoms with Crippen LogP contribution in [-0.2, 0) is 19.1 Å². The quantitative estimate of drug-likeness (QED) is 0.311. The van der Waals surface area contributed by atoms with E-state index in [1.54, 1.807) is 11.0 Å². The standard InChI is InChI=1S/C20H25N3O4S/c1-2-3-13-27-18(25)14-16-19(26)21-11-12-23(16)20(28)22-17(24)10-9-15-7-5-4-6-8-15/h4-10,16H,2-3,11-14H2,1H3,(H,21,26)(H,22,24,28)/b10-9+/t16-/m1/s1. The number of carbonyl (C=O) groups excluding carboxylic acids is 3. The third kappa shape index (κ3) is 6.77. The maximum atomic E-state index is 12.2. The van der Waals surface area contributed by atoms with Gasteiger partial charge in [0.2, 0.25) is 11.8 Å². The molecule has 2 rings (SSSR count). The topological polar surface area (TPSA) is 87.7 Å². The Kier molecular flexibility index (Phi) is 8.61. The van der Waals surface area contributed by atoms with Gasteiger partial charge in [0.05, 0.1) is 13.0 Å². The fourth-order valence-corrected chi connectivity index (χ4v) is 2.98. The molecule has 1 fully saturated rings. The van der Waals surface area contributed by atoms with E-state index in [9.17, 15) is 14.4 Å². The molecule has 2 amide bonds. The molecule has 0 aliphatic carbocycles. The van der Waals surface area contributed by atoms with E-state index in [2.05, 4.69) is 10.6 Å². The van der Waals surface area contributed by atoms with E-state index >= 15 is 0 Å². The largest absolute Gasteiger partial charge is 0.466 e. The molecule has 1 aliphatic heterocycles. The number of ether oxygens (including phenoxy) is 1. The van der Waals surface area contributed by atoms with Crippen molar-refractivity contribution in [3.63, 3.8) is 0 Å². The van der Waals surface area contributed by atoms with Gasteiger partial charge in [-0.05, 0) is 30.3 Å². The van der Waals surface area contributed by atoms with E-state index in [1.165, 1.54) is 6.08 Å². The van der Waals surface area contributed by atoms with Gasteiger partial charge in [-0.25, -0.2) is 0 Å². The van der Waals surface area contributed by atoms with Crippen molar-refractivity contribution in [2.45, 2.75) is 32.2 Å². The lowest BCUT2D eigenvalue weighted by Gasteiger charge is -2.36. The minimum Gasteiger partial charge on any atom is -0.466 e. The van der Waals surface area contributed by atoms with Gasteiger partial charge < -0.3 is 15.0 Å². The second-order valence-electron chi connectivity index (χ2n) is 6.32. The number of hydrogen-bond acceptors (Lipinski definition) is 5. The van der Waals surface area contributed by atoms with Crippen LogP contribution in [0.1, 0.15) is 31.7 Å². The molecular weight excluding hydrogens is 378 g/mol. The van der Waals surface area contributed by atoms with Crippen LogP contribution < -0.4 is 10.6 Å². The van der Waals surface area contributed by atoms with Gasteiger partial charge >= 0.3 is 5.97 Å². The van der Waals surface area contributed by atoms with Gasteiger partial charge in [0.25, 0.3) is 0 Å². The molecule has 1 heterocycles. The fourth-order valence-electron chi connectivity index (χ4n) is 2.66. The van der Waals surface area contributed by atoms with Crippen molar-refractivity contribution in [2.75, 3.05) is 19.7 Å². The number of rotatable bonds is 7. The van der Waals surface area contributed by atoms with Crippen LogP contribution >= 0.6 is 12.2 Å². The van der Waals surface area contributed by atoms with Gasteiger partial charge in [-0.2, -0.15) is 0 Å². The van der Waals surface area contributed by atoms with Crippen molar-refractivity contribution in [3.8, 4) is 0 Å². The van der Waals surface area contributed by atoms with Gasteiger partial charge in [0.15, 0.2) is 5.11 Å². The molecule has 0 radical (unpaired) electrons. The van der Waals surface area contributed by atoms with Crippen molar-refractivity contribution in [3.05, 3.63) is 42.0 Å². The van der Waals surface area contributed by atoms with Crippen LogP contribution in [0.15, 0.2) is 36.4 Å². The molecule has 2 N–H and O–H groups in total. The van der Waals surface area contributed by atoms with Crippen LogP contribution in [0.4, 0.5) is 0 Å². The Morgan fingerprint density at radius 2 is 2.11 bits per heavy atom. The summed E-state index contributed by atoms with van der Waals surface area (Å²) in [5, 5.41) is 5.43. The number of amides is 2. The normalized spacial score (nSPS) is 16.5. The molecule has 0 aromatic heterocycles. The van der Waals surface area contributed by atoms with Crippen molar-refractivity contribution in [1.82, 2.24) is 15.5 Å². The zero-order valence-electron chi connectivity index (χ0n) is 15.8. The summed E-state index contributed by atoms with van der Waals surface area (Å²) < 4.78 is 5.14. The first-order chi connectivity index (χ1) is 13.5. The number of nitrogens with zero attached hydrogens (tertiary/aromatic N) is 1. The first-order valence-electron chi connectivity index (χ1n) is 9.29. The fraction of sp³-hybridized carbons (Fsp3) is 0.400. The molecule has 8 heteroatoms. The Bertz CT molecular complexity index is 736. The molecule has 7 nitrogen and oxygen atoms in total. The number of nitrogens with one attached hydrogen (secondary N) is 2. The molecule has 28 heavy (non-hydrogen) atoms. The van der Waals surface area contributed by atoms with E-state index in [-0.39, 0.29) is 17.4 Å². The SMILES string of the molecule is CCCCOC(=O)C[C@@H]1C(=O)NCCN1C(=S)NC(=O)/C=C/c1ccccc1. The number of thiocarbonyl (C=S) groups is 1. The van der Waals surface area contributed by atoms with Crippen LogP contribution in [0.2, 0.25) is 0 Å². The highest BCUT2D eigenvalue weighted by Crippen LogP contribution is 2.11. The zero-order chi connectivity index (χ0) is 20.4. The van der Waals surface area contributed by atoms with Gasteiger partial charge in [-0.15, -0.1) is 0 Å². The molecular formula is C20H25N3O4S. The highest BCUT2D eigenvalue weighted by Gasteiger charge is 2.34. The third-order valence-electron chi connectivity index (χ3n) is 4.17. The molecule has 1 aromatic carbocycles. The predicted molar refractivity (Wildman–Crippen MR) is 110 cm³/mol. The van der Waals surface area contributed by atoms with Crippen molar-refractivity contribution in [1.29, 1.82) is 0 Å². The van der Waals surface area contributed by atoms with E-state index in [0.29, 0.717) is 19.7 Å². The average molecular weight is 404 g/mol. The lowest BCUT2D eigenvalue weighted by atomic mass is 10.1. The monoisotopic (exact) mass is 403 g/mol. The molecule has 1 aliphatic rings. The first kappa shape index (κ1) is 21.6. The smallest absolute Gasteiger partial charge is 0.308 e. The van der Waals surface area contributed by atoms with E-state index in [4.69, 9.17) is 17.0 Å². The maximum Gasteiger partial charge on any atom is 0.308 e. The number of piperazine rings is 1. The number of esters is 1. The van der Waals surface area contributed by atoms with Crippen LogP contribution in [0.5, 0.6) is 0 Å². The lowest BCUT2D eigenvalue weighted by molar-refractivity contribution is -0.147. The average Bonchev–Trinajstić information content (AvgIpc) is 2.69. The summed E-state index contributed by atoms with van der Waals surface area (Å²) in [6, 6.07) is 8.58. The molecule has 1 aromatic rings. The Morgan fingerprint density at radius 3 is 2.82 bits per heavy atom. The lowest BCUT2D eigenvalue weighted by Crippen LogP contribution is -2.60. The number of unbranched alkanes of at least 4 members (excludes halogenated alkanes) is 1. The summed E-state index contributed by atoms with van der Waals surface area (Å²) in [5.74, 6) is -1.17. The van der Waals surface area contributed by atoms with Crippen LogP contribution in [0.3, 0.4) is 0 Å². The van der Waals surface area contributed by atoms with Gasteiger partial charge in [0, 0.05) is 19.2 Å². The Morgan fingerprint density at radius 1 is 1.36 bits per heavy atom. The minimum absolute atomic E-state index is 0.115. The van der Waals surface area contributed by atoms with Gasteiger partial charge in [0.1, 0.15) is 6.04 Å². The second-order valence-corrected chi connectivity index (χ2v) is 6.70. The van der Waals surface area contributed by atoms with E-state index in [0.717, 1.165) is 18.4 Å². The van der Waals surface area contributed by atoms with E-state index in [1.807, 2.05) is 37.3 Å². The molecule has 0 unspecified atom stereocenters. The number of carbonyl (C=O) groups is 3. The highest BCUT2D eigenvalue weighted by molar-refractivity contribution is 7.80. The molecule has 1 atom stereocenters. The number of hydrogen-bond donors (Lipinski definition) is 2. The third-order valence-corrected chi connectivity index (χ3v) is 4.51. The van der Waals surface area contributed by atoms with Crippen molar-refractivity contribution in [2.24, 2.45) is 0 Å². The Labute approximate surface area is 170 Å². The zero-order valence-corrected chi connectivity index (χ0v) is 16.7. The molecule has 0 spiro atoms. The molecule has 150 valence electrons. The molecule has 0 bridgehead atoms. The summed E-state index contributed by atoms with van der Waals surface area (Å²) in [4.78, 5) is 37.9. The van der Waals surface area contributed by atoms with Crippen LogP contribution in [0.25, 0.3) is 6.08 Å². The summed E-state index contributed by atoms with van der Waals surface area (Å²) >= 11 is 5.30. The van der Waals surface area contributed by atoms with Crippen molar-refractivity contribution >= 4 is 41.2 Å². The Hall–Kier alpha value is -2.74. The van der Waals surface area contributed by atoms with Gasteiger partial charge in [-0.3, -0.25) is 19.7 Å². The first-order valence-corrected chi connectivity index (χ1v) is 9.70. The Balaban J connectivity index is 1.94. The summed E-state index contributed by atoms with van der Waals surface area (Å²) in [7, 11) is 0. The van der Waals surface area contributed by atoms with Gasteiger partial charge in [-0.1, -0.05) is 43.7 Å². The maximum absolute atomic E-state index is 12.2. The summed E-state index contributed by atoms with van der Waals surface area (Å²) in [6.45, 7) is 3.11. The van der Waals surface area contributed by atoms with Crippen molar-refractivity contribution < 1.29 is 19.1 Å². The second kappa shape index (κ2) is 11.2. The van der Waals surface area contributed by atoms with Crippen LogP contribution in [-0.4, -0.2) is 53.5 Å². The summed E-state index contributed by atoms with van der Waals surface area (Å²) in [5.41, 5.74) is 0.883. The number of benzene rings is 1.